The molecule has 1 saturated heterocycles. The van der Waals surface area contributed by atoms with Crippen LogP contribution in [0.3, 0.4) is 0 Å². The monoisotopic (exact) mass is 1680 g/mol. The maximum Gasteiger partial charge on any atom is 0.494 e. The number of rotatable bonds is 15. The zero-order chi connectivity index (χ0) is 71.1. The number of sulfone groups is 3. The van der Waals surface area contributed by atoms with Crippen LogP contribution in [-0.2, 0) is 73.1 Å². The first kappa shape index (κ1) is 79.5. The fraction of sp³-hybridized carbons (Fsp3) is 0.176. The summed E-state index contributed by atoms with van der Waals surface area (Å²) in [5, 5.41) is 9.11. The predicted molar refractivity (Wildman–Crippen MR) is 401 cm³/mol. The molecule has 1 aliphatic rings. The van der Waals surface area contributed by atoms with Crippen LogP contribution in [0.25, 0.3) is 0 Å². The lowest BCUT2D eigenvalue weighted by Gasteiger charge is -2.32. The van der Waals surface area contributed by atoms with Crippen molar-refractivity contribution in [1.29, 1.82) is 0 Å². The molecule has 0 aliphatic carbocycles. The Hall–Kier alpha value is -6.48. The number of thioether (sulfide) groups is 2. The minimum absolute atomic E-state index is 0.00849. The molecule has 97 heavy (non-hydrogen) atoms. The predicted octanol–water partition coefficient (Wildman–Crippen LogP) is 13.3. The summed E-state index contributed by atoms with van der Waals surface area (Å²) in [6, 6.07) is 60.4. The second kappa shape index (κ2) is 37.1. The third kappa shape index (κ3) is 25.3. The number of nitrogens with zero attached hydrogens (tertiary/aromatic N) is 4. The molecule has 1 aliphatic heterocycles. The minimum atomic E-state index is -3.64. The first-order valence-electron chi connectivity index (χ1n) is 28.9. The summed E-state index contributed by atoms with van der Waals surface area (Å²) in [5.74, 6) is -0.541. The molecular formula is C68H67BBr4N4O14S6. The van der Waals surface area contributed by atoms with E-state index in [9.17, 15) is 48.6 Å². The molecule has 6 aromatic carbocycles. The Morgan fingerprint density at radius 1 is 0.433 bits per heavy atom. The third-order valence-electron chi connectivity index (χ3n) is 14.0. The Labute approximate surface area is 609 Å². The summed E-state index contributed by atoms with van der Waals surface area (Å²) in [5.41, 5.74) is -1.21. The van der Waals surface area contributed by atoms with E-state index in [2.05, 4.69) is 82.1 Å². The molecule has 18 nitrogen and oxygen atoms in total. The van der Waals surface area contributed by atoms with Crippen LogP contribution < -0.4 is 27.7 Å². The van der Waals surface area contributed by atoms with Crippen LogP contribution >= 0.6 is 87.2 Å². The zero-order valence-electron chi connectivity index (χ0n) is 53.0. The standard InChI is InChI=1S/C18H22BNO5S.C12H10BrNO3S.C12H10BrNOS.C12H11NO4S.C7H7BrOS.C7H7BrS/c1-17(2)18(3,4)25-19(24-17)14-8-10-15(11-9-14)26(22,23)13-20-12-6-5-7-16(20)21;13-10-4-6-11(7-5-10)18(16,17)9-14-8-2-1-3-12(14)15;13-10-4-6-11(7-5-10)16-9-14-8-2-1-3-12(14)15;14-10-4-6-11(7-5-10)18(16,17)9-13-8-2-1-3-12(13)15;1-10(9)7-4-2-6(8)3-5-7;1-9-7-4-2-6(8)3-5-7/h5-12H,13H2,1-4H3;1-8H,9H2;1-8H,9H2;1-8,14H,9H2;2-5H,1H3;2-5H,1H3. The largest absolute Gasteiger partial charge is 0.508 e. The molecule has 1 N–H and O–H groups in total. The van der Waals surface area contributed by atoms with E-state index in [4.69, 9.17) is 14.4 Å². The van der Waals surface area contributed by atoms with Gasteiger partial charge in [-0.2, -0.15) is 0 Å². The van der Waals surface area contributed by atoms with E-state index in [1.165, 1.54) is 90.2 Å². The van der Waals surface area contributed by atoms with Gasteiger partial charge in [-0.05, 0) is 197 Å². The van der Waals surface area contributed by atoms with Gasteiger partial charge in [-0.25, -0.2) is 25.3 Å². The van der Waals surface area contributed by atoms with Crippen molar-refractivity contribution in [2.75, 3.05) is 12.5 Å². The van der Waals surface area contributed by atoms with E-state index in [0.717, 1.165) is 46.8 Å². The van der Waals surface area contributed by atoms with Crippen LogP contribution in [0.1, 0.15) is 27.7 Å². The van der Waals surface area contributed by atoms with Crippen molar-refractivity contribution in [2.45, 2.75) is 91.8 Å². The van der Waals surface area contributed by atoms with E-state index in [1.54, 1.807) is 113 Å². The van der Waals surface area contributed by atoms with Crippen molar-refractivity contribution in [1.82, 2.24) is 18.3 Å². The van der Waals surface area contributed by atoms with Crippen LogP contribution in [0, 0.1) is 0 Å². The van der Waals surface area contributed by atoms with Crippen LogP contribution in [0.15, 0.2) is 310 Å². The molecule has 0 amide bonds. The number of halogens is 4. The Bertz CT molecular complexity index is 4700. The summed E-state index contributed by atoms with van der Waals surface area (Å²) in [4.78, 5) is 49.8. The van der Waals surface area contributed by atoms with Gasteiger partial charge in [-0.15, -0.1) is 23.5 Å². The Balaban J connectivity index is 0.000000190. The van der Waals surface area contributed by atoms with E-state index >= 15 is 0 Å². The zero-order valence-corrected chi connectivity index (χ0v) is 64.2. The van der Waals surface area contributed by atoms with Gasteiger partial charge in [0, 0.05) is 98.7 Å². The average Bonchev–Trinajstić information content (AvgIpc) is 1.62. The molecule has 11 rings (SSSR count). The maximum absolute atomic E-state index is 12.6. The van der Waals surface area contributed by atoms with Crippen molar-refractivity contribution in [3.8, 4) is 5.75 Å². The van der Waals surface area contributed by atoms with Crippen molar-refractivity contribution in [3.05, 3.63) is 302 Å². The SMILES string of the molecule is CC1(C)OB(c2ccc(S(=O)(=O)Cn3ccccc3=O)cc2)OC1(C)C.CS(=O)c1ccc(Br)cc1.CSc1ccc(Br)cc1.O=c1ccccn1CS(=O)(=O)c1ccc(Br)cc1.O=c1ccccn1CS(=O)(=O)c1ccc(O)cc1.O=c1ccccn1CSc1ccc(Br)cc1. The van der Waals surface area contributed by atoms with Crippen molar-refractivity contribution < 1.29 is 43.9 Å². The highest BCUT2D eigenvalue weighted by atomic mass is 79.9. The number of pyridine rings is 4. The van der Waals surface area contributed by atoms with Crippen molar-refractivity contribution in [2.24, 2.45) is 0 Å². The lowest BCUT2D eigenvalue weighted by atomic mass is 9.79. The van der Waals surface area contributed by atoms with Crippen LogP contribution in [0.4, 0.5) is 0 Å². The minimum Gasteiger partial charge on any atom is -0.508 e. The van der Waals surface area contributed by atoms with Crippen LogP contribution in [-0.4, -0.2) is 83.7 Å². The summed E-state index contributed by atoms with van der Waals surface area (Å²) in [6.07, 6.45) is 9.87. The highest BCUT2D eigenvalue weighted by Crippen LogP contribution is 2.36. The molecule has 1 fully saturated rings. The lowest BCUT2D eigenvalue weighted by molar-refractivity contribution is 0.00578. The molecule has 1 unspecified atom stereocenters. The molecule has 510 valence electrons. The quantitative estimate of drug-likeness (QED) is 0.0740. The van der Waals surface area contributed by atoms with Gasteiger partial charge >= 0.3 is 7.12 Å². The van der Waals surface area contributed by atoms with Gasteiger partial charge in [0.15, 0.2) is 29.5 Å². The second-order valence-corrected chi connectivity index (χ2v) is 34.5. The smallest absolute Gasteiger partial charge is 0.494 e. The van der Waals surface area contributed by atoms with Gasteiger partial charge < -0.3 is 32.7 Å². The van der Waals surface area contributed by atoms with Gasteiger partial charge in [0.1, 0.15) is 23.4 Å². The van der Waals surface area contributed by atoms with Gasteiger partial charge in [-0.3, -0.25) is 23.4 Å². The first-order chi connectivity index (χ1) is 45.8. The molecule has 29 heteroatoms. The molecule has 0 bridgehead atoms. The molecule has 1 atom stereocenters. The van der Waals surface area contributed by atoms with Gasteiger partial charge in [-0.1, -0.05) is 100 Å². The third-order valence-corrected chi connectivity index (χ3v) is 23.7. The summed E-state index contributed by atoms with van der Waals surface area (Å²) in [7, 11) is -12.2. The van der Waals surface area contributed by atoms with Crippen molar-refractivity contribution >= 4 is 140 Å². The fourth-order valence-corrected chi connectivity index (χ4v) is 14.7. The summed E-state index contributed by atoms with van der Waals surface area (Å²) in [6.45, 7) is 7.85. The number of phenols is 1. The number of aromatic nitrogens is 4. The Morgan fingerprint density at radius 2 is 0.732 bits per heavy atom. The van der Waals surface area contributed by atoms with E-state index in [-0.39, 0.29) is 48.5 Å². The molecule has 0 saturated carbocycles. The summed E-state index contributed by atoms with van der Waals surface area (Å²) < 4.78 is 105. The van der Waals surface area contributed by atoms with Gasteiger partial charge in [0.05, 0.1) is 31.8 Å². The fourth-order valence-electron chi connectivity index (χ4n) is 8.02. The number of aromatic hydroxyl groups is 1. The van der Waals surface area contributed by atoms with E-state index in [1.807, 2.05) is 94.4 Å². The van der Waals surface area contributed by atoms with E-state index in [0.29, 0.717) is 5.88 Å². The first-order valence-corrected chi connectivity index (χ1v) is 40.7. The molecule has 10 aromatic rings. The molecule has 5 heterocycles. The van der Waals surface area contributed by atoms with Gasteiger partial charge in [0.25, 0.3) is 22.2 Å². The van der Waals surface area contributed by atoms with Crippen LogP contribution in [0.2, 0.25) is 0 Å². The molecule has 4 aromatic heterocycles. The highest BCUT2D eigenvalue weighted by molar-refractivity contribution is 9.11. The Morgan fingerprint density at radius 3 is 1.06 bits per heavy atom. The van der Waals surface area contributed by atoms with Crippen LogP contribution in [0.5, 0.6) is 5.75 Å². The lowest BCUT2D eigenvalue weighted by Crippen LogP contribution is -2.41. The maximum atomic E-state index is 12.6. The number of phenolic OH excluding ortho intramolecular Hbond substituents is 1. The second-order valence-electron chi connectivity index (χ2n) is 21.7. The Kier molecular flexibility index (Phi) is 30.4. The average molecular weight is 1690 g/mol. The normalized spacial score (nSPS) is 13.2. The molecule has 0 spiro atoms. The van der Waals surface area contributed by atoms with Crippen molar-refractivity contribution in [3.63, 3.8) is 0 Å². The molecule has 0 radical (unpaired) electrons. The highest BCUT2D eigenvalue weighted by Gasteiger charge is 2.51. The summed E-state index contributed by atoms with van der Waals surface area (Å²) >= 11 is 16.7. The molecular weight excluding hydrogens is 1620 g/mol. The topological polar surface area (TPSA) is 246 Å². The number of hydrogen-bond donors (Lipinski definition) is 1. The van der Waals surface area contributed by atoms with Gasteiger partial charge in [0.2, 0.25) is 0 Å². The van der Waals surface area contributed by atoms with E-state index < -0.39 is 70.4 Å². The number of benzene rings is 6. The number of hydrogen-bond acceptors (Lipinski definition) is 16.